The lowest BCUT2D eigenvalue weighted by Crippen LogP contribution is -2.32. The molecule has 2 atom stereocenters. The molecule has 1 aliphatic carbocycles. The summed E-state index contributed by atoms with van der Waals surface area (Å²) in [6, 6.07) is 1.82. The first-order chi connectivity index (χ1) is 9.06. The van der Waals surface area contributed by atoms with E-state index in [1.54, 1.807) is 0 Å². The van der Waals surface area contributed by atoms with E-state index in [4.69, 9.17) is 0 Å². The number of hydrogen-bond acceptors (Lipinski definition) is 2. The van der Waals surface area contributed by atoms with Gasteiger partial charge in [0.2, 0.25) is 5.91 Å². The SMILES string of the molecule is CCCNC(=O)C(C)n1c(C)cc2c1CCCC2O. The quantitative estimate of drug-likeness (QED) is 0.876. The Morgan fingerprint density at radius 2 is 2.37 bits per heavy atom. The predicted molar refractivity (Wildman–Crippen MR) is 75.1 cm³/mol. The first kappa shape index (κ1) is 14.1. The molecule has 0 bridgehead atoms. The highest BCUT2D eigenvalue weighted by Crippen LogP contribution is 2.33. The average Bonchev–Trinajstić information content (AvgIpc) is 2.73. The minimum Gasteiger partial charge on any atom is -0.388 e. The number of aryl methyl sites for hydroxylation is 1. The van der Waals surface area contributed by atoms with E-state index in [2.05, 4.69) is 9.88 Å². The van der Waals surface area contributed by atoms with Gasteiger partial charge in [-0.15, -0.1) is 0 Å². The molecule has 1 aliphatic rings. The van der Waals surface area contributed by atoms with Crippen LogP contribution < -0.4 is 5.32 Å². The number of nitrogens with zero attached hydrogens (tertiary/aromatic N) is 1. The van der Waals surface area contributed by atoms with Crippen LogP contribution in [0.3, 0.4) is 0 Å². The second kappa shape index (κ2) is 5.78. The van der Waals surface area contributed by atoms with Crippen LogP contribution >= 0.6 is 0 Å². The summed E-state index contributed by atoms with van der Waals surface area (Å²) in [6.07, 6.45) is 3.34. The molecule has 19 heavy (non-hydrogen) atoms. The molecule has 1 heterocycles. The van der Waals surface area contributed by atoms with E-state index in [1.165, 1.54) is 0 Å². The summed E-state index contributed by atoms with van der Waals surface area (Å²) in [4.78, 5) is 12.1. The van der Waals surface area contributed by atoms with Crippen LogP contribution in [0.4, 0.5) is 0 Å². The zero-order valence-electron chi connectivity index (χ0n) is 12.1. The first-order valence-corrected chi connectivity index (χ1v) is 7.22. The third-order valence-electron chi connectivity index (χ3n) is 3.93. The Hall–Kier alpha value is -1.29. The van der Waals surface area contributed by atoms with Gasteiger partial charge in [-0.05, 0) is 45.6 Å². The van der Waals surface area contributed by atoms with Crippen molar-refractivity contribution in [3.05, 3.63) is 23.0 Å². The van der Waals surface area contributed by atoms with Crippen molar-refractivity contribution in [2.45, 2.75) is 58.6 Å². The molecule has 1 aromatic heterocycles. The molecule has 1 amide bonds. The molecular weight excluding hydrogens is 240 g/mol. The van der Waals surface area contributed by atoms with Gasteiger partial charge in [-0.25, -0.2) is 0 Å². The minimum atomic E-state index is -0.366. The van der Waals surface area contributed by atoms with Gasteiger partial charge >= 0.3 is 0 Å². The van der Waals surface area contributed by atoms with E-state index < -0.39 is 0 Å². The van der Waals surface area contributed by atoms with Crippen LogP contribution in [-0.4, -0.2) is 22.1 Å². The fourth-order valence-electron chi connectivity index (χ4n) is 2.95. The highest BCUT2D eigenvalue weighted by Gasteiger charge is 2.27. The Kier molecular flexibility index (Phi) is 4.30. The van der Waals surface area contributed by atoms with Crippen LogP contribution in [-0.2, 0) is 11.2 Å². The van der Waals surface area contributed by atoms with Gasteiger partial charge in [0, 0.05) is 23.5 Å². The van der Waals surface area contributed by atoms with Gasteiger partial charge in [-0.3, -0.25) is 4.79 Å². The lowest BCUT2D eigenvalue weighted by molar-refractivity contribution is -0.123. The summed E-state index contributed by atoms with van der Waals surface area (Å²) in [7, 11) is 0. The van der Waals surface area contributed by atoms with Gasteiger partial charge in [0.25, 0.3) is 0 Å². The van der Waals surface area contributed by atoms with Crippen LogP contribution in [0, 0.1) is 6.92 Å². The summed E-state index contributed by atoms with van der Waals surface area (Å²) in [5.41, 5.74) is 3.21. The number of fused-ring (bicyclic) bond motifs is 1. The Bertz CT molecular complexity index is 465. The maximum atomic E-state index is 12.1. The largest absolute Gasteiger partial charge is 0.388 e. The van der Waals surface area contributed by atoms with Crippen LogP contribution in [0.1, 0.15) is 62.2 Å². The predicted octanol–water partition coefficient (Wildman–Crippen LogP) is 2.25. The molecule has 0 aromatic carbocycles. The van der Waals surface area contributed by atoms with Crippen LogP contribution in [0.25, 0.3) is 0 Å². The Morgan fingerprint density at radius 1 is 1.63 bits per heavy atom. The number of amides is 1. The molecule has 106 valence electrons. The molecule has 0 spiro atoms. The second-order valence-corrected chi connectivity index (χ2v) is 5.43. The van der Waals surface area contributed by atoms with Gasteiger partial charge in [0.1, 0.15) is 6.04 Å². The summed E-state index contributed by atoms with van der Waals surface area (Å²) < 4.78 is 2.09. The number of carbonyl (C=O) groups is 1. The topological polar surface area (TPSA) is 54.3 Å². The number of aromatic nitrogens is 1. The molecule has 0 saturated heterocycles. The van der Waals surface area contributed by atoms with Gasteiger partial charge in [0.15, 0.2) is 0 Å². The molecule has 4 heteroatoms. The van der Waals surface area contributed by atoms with Gasteiger partial charge in [0.05, 0.1) is 6.10 Å². The lowest BCUT2D eigenvalue weighted by atomic mass is 9.95. The van der Waals surface area contributed by atoms with Gasteiger partial charge in [-0.2, -0.15) is 0 Å². The summed E-state index contributed by atoms with van der Waals surface area (Å²) in [5.74, 6) is 0.0587. The van der Waals surface area contributed by atoms with E-state index in [0.29, 0.717) is 6.54 Å². The fourth-order valence-corrected chi connectivity index (χ4v) is 2.95. The molecular formula is C15H24N2O2. The third-order valence-corrected chi connectivity index (χ3v) is 3.93. The Labute approximate surface area is 114 Å². The Morgan fingerprint density at radius 3 is 3.05 bits per heavy atom. The minimum absolute atomic E-state index is 0.0587. The number of aliphatic hydroxyl groups excluding tert-OH is 1. The van der Waals surface area contributed by atoms with Crippen LogP contribution in [0.2, 0.25) is 0 Å². The molecule has 0 fully saturated rings. The van der Waals surface area contributed by atoms with E-state index in [1.807, 2.05) is 26.8 Å². The van der Waals surface area contributed by atoms with Gasteiger partial charge < -0.3 is 15.0 Å². The zero-order valence-corrected chi connectivity index (χ0v) is 12.1. The highest BCUT2D eigenvalue weighted by atomic mass is 16.3. The van der Waals surface area contributed by atoms with Crippen molar-refractivity contribution in [1.82, 2.24) is 9.88 Å². The molecule has 0 saturated carbocycles. The van der Waals surface area contributed by atoms with Crippen molar-refractivity contribution in [2.75, 3.05) is 6.54 Å². The number of rotatable bonds is 4. The fraction of sp³-hybridized carbons (Fsp3) is 0.667. The van der Waals surface area contributed by atoms with E-state index in [-0.39, 0.29) is 18.1 Å². The molecule has 1 aromatic rings. The summed E-state index contributed by atoms with van der Waals surface area (Å²) in [6.45, 7) is 6.70. The molecule has 0 aliphatic heterocycles. The van der Waals surface area contributed by atoms with Crippen molar-refractivity contribution >= 4 is 5.91 Å². The molecule has 2 N–H and O–H groups in total. The summed E-state index contributed by atoms with van der Waals surface area (Å²) >= 11 is 0. The Balaban J connectivity index is 2.27. The monoisotopic (exact) mass is 264 g/mol. The summed E-state index contributed by atoms with van der Waals surface area (Å²) in [5, 5.41) is 13.0. The van der Waals surface area contributed by atoms with Crippen molar-refractivity contribution < 1.29 is 9.90 Å². The van der Waals surface area contributed by atoms with Gasteiger partial charge in [-0.1, -0.05) is 6.92 Å². The molecule has 2 unspecified atom stereocenters. The normalized spacial score (nSPS) is 19.9. The van der Waals surface area contributed by atoms with Crippen molar-refractivity contribution in [1.29, 1.82) is 0 Å². The lowest BCUT2D eigenvalue weighted by Gasteiger charge is -2.23. The second-order valence-electron chi connectivity index (χ2n) is 5.43. The van der Waals surface area contributed by atoms with E-state index >= 15 is 0 Å². The number of aliphatic hydroxyl groups is 1. The maximum absolute atomic E-state index is 12.1. The van der Waals surface area contributed by atoms with Crippen molar-refractivity contribution in [2.24, 2.45) is 0 Å². The maximum Gasteiger partial charge on any atom is 0.242 e. The van der Waals surface area contributed by atoms with E-state index in [0.717, 1.165) is 42.6 Å². The molecule has 2 rings (SSSR count). The smallest absolute Gasteiger partial charge is 0.242 e. The number of hydrogen-bond donors (Lipinski definition) is 2. The highest BCUT2D eigenvalue weighted by molar-refractivity contribution is 5.80. The average molecular weight is 264 g/mol. The first-order valence-electron chi connectivity index (χ1n) is 7.22. The standard InChI is InChI=1S/C15H24N2O2/c1-4-8-16-15(19)11(3)17-10(2)9-12-13(17)6-5-7-14(12)18/h9,11,14,18H,4-8H2,1-3H3,(H,16,19). The zero-order chi connectivity index (χ0) is 14.0. The number of nitrogens with one attached hydrogen (secondary N) is 1. The van der Waals surface area contributed by atoms with E-state index in [9.17, 15) is 9.90 Å². The molecule has 4 nitrogen and oxygen atoms in total. The van der Waals surface area contributed by atoms with Crippen molar-refractivity contribution in [3.8, 4) is 0 Å². The van der Waals surface area contributed by atoms with Crippen LogP contribution in [0.15, 0.2) is 6.07 Å². The van der Waals surface area contributed by atoms with Crippen LogP contribution in [0.5, 0.6) is 0 Å². The number of carbonyl (C=O) groups excluding carboxylic acids is 1. The molecule has 0 radical (unpaired) electrons. The third kappa shape index (κ3) is 2.68. The van der Waals surface area contributed by atoms with Crippen molar-refractivity contribution in [3.63, 3.8) is 0 Å².